The van der Waals surface area contributed by atoms with Crippen molar-refractivity contribution in [2.24, 2.45) is 0 Å². The van der Waals surface area contributed by atoms with Crippen molar-refractivity contribution in [2.75, 3.05) is 5.32 Å². The number of anilines is 2. The molecule has 0 spiro atoms. The lowest BCUT2D eigenvalue weighted by Gasteiger charge is -2.06. The summed E-state index contributed by atoms with van der Waals surface area (Å²) in [7, 11) is 0. The molecule has 0 amide bonds. The molecule has 0 atom stereocenters. The highest BCUT2D eigenvalue weighted by molar-refractivity contribution is 5.84. The van der Waals surface area contributed by atoms with Crippen LogP contribution in [0.2, 0.25) is 0 Å². The van der Waals surface area contributed by atoms with E-state index in [-0.39, 0.29) is 5.82 Å². The molecule has 25 heavy (non-hydrogen) atoms. The van der Waals surface area contributed by atoms with E-state index < -0.39 is 0 Å². The Morgan fingerprint density at radius 3 is 2.52 bits per heavy atom. The topological polar surface area (TPSA) is 68.5 Å². The van der Waals surface area contributed by atoms with Crippen molar-refractivity contribution < 1.29 is 4.39 Å². The Hall–Kier alpha value is -3.35. The lowest BCUT2D eigenvalue weighted by Crippen LogP contribution is -2.03. The van der Waals surface area contributed by atoms with Gasteiger partial charge in [-0.25, -0.2) is 19.0 Å². The molecule has 4 aromatic rings. The first-order valence-corrected chi connectivity index (χ1v) is 7.81. The fraction of sp³-hybridized carbons (Fsp3) is 0.111. The minimum atomic E-state index is -0.265. The third kappa shape index (κ3) is 3.16. The molecule has 2 aromatic heterocycles. The van der Waals surface area contributed by atoms with E-state index in [9.17, 15) is 4.39 Å². The Kier molecular flexibility index (Phi) is 3.81. The molecule has 1 N–H and O–H groups in total. The van der Waals surface area contributed by atoms with Gasteiger partial charge in [0.2, 0.25) is 0 Å². The van der Waals surface area contributed by atoms with Crippen LogP contribution in [0, 0.1) is 12.7 Å². The van der Waals surface area contributed by atoms with Crippen molar-refractivity contribution in [1.82, 2.24) is 25.0 Å². The van der Waals surface area contributed by atoms with E-state index in [0.717, 1.165) is 11.3 Å². The van der Waals surface area contributed by atoms with Crippen molar-refractivity contribution in [1.29, 1.82) is 0 Å². The van der Waals surface area contributed by atoms with Crippen LogP contribution in [0.25, 0.3) is 11.2 Å². The lowest BCUT2D eigenvalue weighted by atomic mass is 10.2. The minimum Gasteiger partial charge on any atom is -0.338 e. The maximum Gasteiger partial charge on any atom is 0.184 e. The molecule has 0 unspecified atom stereocenters. The van der Waals surface area contributed by atoms with Gasteiger partial charge in [0.05, 0.1) is 6.54 Å². The van der Waals surface area contributed by atoms with Gasteiger partial charge in [-0.05, 0) is 36.8 Å². The number of fused-ring (bicyclic) bond motifs is 1. The van der Waals surface area contributed by atoms with Crippen molar-refractivity contribution >= 4 is 22.7 Å². The van der Waals surface area contributed by atoms with Gasteiger partial charge in [-0.1, -0.05) is 35.0 Å². The first-order valence-electron chi connectivity index (χ1n) is 7.81. The maximum atomic E-state index is 13.0. The number of rotatable bonds is 4. The Labute approximate surface area is 143 Å². The third-order valence-corrected chi connectivity index (χ3v) is 3.86. The summed E-state index contributed by atoms with van der Waals surface area (Å²) in [5.74, 6) is 0.332. The molecule has 0 saturated heterocycles. The van der Waals surface area contributed by atoms with E-state index in [2.05, 4.69) is 25.6 Å². The number of aromatic nitrogens is 5. The SMILES string of the molecule is Cc1ccc(Nc2ncnc3c2nnn3Cc2ccc(F)cc2)cc1. The molecule has 2 aromatic carbocycles. The summed E-state index contributed by atoms with van der Waals surface area (Å²) < 4.78 is 14.7. The van der Waals surface area contributed by atoms with Gasteiger partial charge in [-0.3, -0.25) is 0 Å². The van der Waals surface area contributed by atoms with E-state index in [1.54, 1.807) is 16.8 Å². The van der Waals surface area contributed by atoms with E-state index in [0.29, 0.717) is 23.5 Å². The van der Waals surface area contributed by atoms with Gasteiger partial charge in [0.25, 0.3) is 0 Å². The average Bonchev–Trinajstić information content (AvgIpc) is 3.03. The largest absolute Gasteiger partial charge is 0.338 e. The number of halogens is 1. The van der Waals surface area contributed by atoms with Crippen LogP contribution in [-0.2, 0) is 6.54 Å². The monoisotopic (exact) mass is 334 g/mol. The maximum absolute atomic E-state index is 13.0. The second-order valence-electron chi connectivity index (χ2n) is 5.76. The van der Waals surface area contributed by atoms with Gasteiger partial charge >= 0.3 is 0 Å². The Morgan fingerprint density at radius 2 is 1.76 bits per heavy atom. The minimum absolute atomic E-state index is 0.265. The molecule has 0 aliphatic heterocycles. The lowest BCUT2D eigenvalue weighted by molar-refractivity contribution is 0.623. The molecular weight excluding hydrogens is 319 g/mol. The molecule has 0 saturated carbocycles. The fourth-order valence-corrected chi connectivity index (χ4v) is 2.53. The first kappa shape index (κ1) is 15.2. The van der Waals surface area contributed by atoms with Crippen LogP contribution in [0.3, 0.4) is 0 Å². The molecule has 0 radical (unpaired) electrons. The molecule has 0 aliphatic rings. The fourth-order valence-electron chi connectivity index (χ4n) is 2.53. The Bertz CT molecular complexity index is 1010. The second kappa shape index (κ2) is 6.27. The summed E-state index contributed by atoms with van der Waals surface area (Å²) in [6, 6.07) is 14.3. The average molecular weight is 334 g/mol. The molecular formula is C18H15FN6. The van der Waals surface area contributed by atoms with E-state index >= 15 is 0 Å². The number of nitrogens with zero attached hydrogens (tertiary/aromatic N) is 5. The molecule has 0 fully saturated rings. The summed E-state index contributed by atoms with van der Waals surface area (Å²) >= 11 is 0. The molecule has 7 heteroatoms. The molecule has 4 rings (SSSR count). The smallest absolute Gasteiger partial charge is 0.184 e. The van der Waals surface area contributed by atoms with E-state index in [1.165, 1.54) is 24.0 Å². The first-order chi connectivity index (χ1) is 12.2. The third-order valence-electron chi connectivity index (χ3n) is 3.86. The van der Waals surface area contributed by atoms with Crippen LogP contribution in [0.5, 0.6) is 0 Å². The summed E-state index contributed by atoms with van der Waals surface area (Å²) in [5.41, 5.74) is 4.22. The van der Waals surface area contributed by atoms with Crippen molar-refractivity contribution in [2.45, 2.75) is 13.5 Å². The summed E-state index contributed by atoms with van der Waals surface area (Å²) in [5, 5.41) is 11.6. The predicted molar refractivity (Wildman–Crippen MR) is 93.1 cm³/mol. The van der Waals surface area contributed by atoms with Gasteiger partial charge in [-0.2, -0.15) is 0 Å². The highest BCUT2D eigenvalue weighted by atomic mass is 19.1. The number of aryl methyl sites for hydroxylation is 1. The zero-order valence-electron chi connectivity index (χ0n) is 13.5. The van der Waals surface area contributed by atoms with Crippen molar-refractivity contribution in [3.05, 3.63) is 71.8 Å². The number of hydrogen-bond donors (Lipinski definition) is 1. The normalized spacial score (nSPS) is 11.0. The van der Waals surface area contributed by atoms with Crippen LogP contribution in [0.4, 0.5) is 15.9 Å². The Morgan fingerprint density at radius 1 is 1.00 bits per heavy atom. The van der Waals surface area contributed by atoms with E-state index in [1.807, 2.05) is 31.2 Å². The summed E-state index contributed by atoms with van der Waals surface area (Å²) in [6.45, 7) is 2.49. The van der Waals surface area contributed by atoms with Crippen LogP contribution < -0.4 is 5.32 Å². The molecule has 124 valence electrons. The highest BCUT2D eigenvalue weighted by Crippen LogP contribution is 2.21. The number of benzene rings is 2. The summed E-state index contributed by atoms with van der Waals surface area (Å²) in [4.78, 5) is 8.55. The highest BCUT2D eigenvalue weighted by Gasteiger charge is 2.12. The van der Waals surface area contributed by atoms with Crippen LogP contribution >= 0.6 is 0 Å². The molecule has 6 nitrogen and oxygen atoms in total. The van der Waals surface area contributed by atoms with Gasteiger partial charge in [0, 0.05) is 5.69 Å². The predicted octanol–water partition coefficient (Wildman–Crippen LogP) is 3.46. The van der Waals surface area contributed by atoms with Crippen LogP contribution in [0.15, 0.2) is 54.9 Å². The molecule has 0 bridgehead atoms. The zero-order valence-corrected chi connectivity index (χ0v) is 13.5. The number of hydrogen-bond acceptors (Lipinski definition) is 5. The Balaban J connectivity index is 1.65. The summed E-state index contributed by atoms with van der Waals surface area (Å²) in [6.07, 6.45) is 1.48. The van der Waals surface area contributed by atoms with Crippen molar-refractivity contribution in [3.8, 4) is 0 Å². The van der Waals surface area contributed by atoms with Crippen LogP contribution in [-0.4, -0.2) is 25.0 Å². The van der Waals surface area contributed by atoms with Crippen molar-refractivity contribution in [3.63, 3.8) is 0 Å². The van der Waals surface area contributed by atoms with E-state index in [4.69, 9.17) is 0 Å². The van der Waals surface area contributed by atoms with Gasteiger partial charge in [0.15, 0.2) is 17.0 Å². The molecule has 2 heterocycles. The van der Waals surface area contributed by atoms with Gasteiger partial charge in [0.1, 0.15) is 12.1 Å². The van der Waals surface area contributed by atoms with Crippen LogP contribution in [0.1, 0.15) is 11.1 Å². The zero-order chi connectivity index (χ0) is 17.2. The molecule has 0 aliphatic carbocycles. The van der Waals surface area contributed by atoms with Gasteiger partial charge in [-0.15, -0.1) is 5.10 Å². The number of nitrogens with one attached hydrogen (secondary N) is 1. The standard InChI is InChI=1S/C18H15FN6/c1-12-2-8-15(9-3-12)22-17-16-18(21-11-20-17)25(24-23-16)10-13-4-6-14(19)7-5-13/h2-9,11H,10H2,1H3,(H,20,21,22). The second-order valence-corrected chi connectivity index (χ2v) is 5.76. The van der Waals surface area contributed by atoms with Gasteiger partial charge < -0.3 is 5.32 Å². The quantitative estimate of drug-likeness (QED) is 0.619.